The van der Waals surface area contributed by atoms with E-state index in [0.29, 0.717) is 37.1 Å². The molecule has 6 atom stereocenters. The zero-order valence-corrected chi connectivity index (χ0v) is 22.4. The molecule has 32 heavy (non-hydrogen) atoms. The highest BCUT2D eigenvalue weighted by atomic mass is 28.4. The normalized spacial score (nSPS) is 43.6. The number of carbonyl (C=O) groups is 1. The van der Waals surface area contributed by atoms with Gasteiger partial charge in [0.25, 0.3) is 0 Å². The molecule has 0 aromatic heterocycles. The Kier molecular flexibility index (Phi) is 5.27. The molecule has 0 bridgehead atoms. The van der Waals surface area contributed by atoms with Gasteiger partial charge in [0.15, 0.2) is 19.9 Å². The van der Waals surface area contributed by atoms with Crippen molar-refractivity contribution in [2.75, 3.05) is 13.2 Å². The standard InChI is InChI=1S/C27H44O4Si/c1-24(2,3)32(6,7)31-19-10-12-25(4)18(16-19)8-9-20-21-11-13-27(29-14-15-30-27)26(21,5)23(28)17-22(20)25/h17-21H,8-16H2,1-7H3/t18-,19+,20?,21?,25+,26-/m1/s1. The predicted octanol–water partition coefficient (Wildman–Crippen LogP) is 6.26. The van der Waals surface area contributed by atoms with Gasteiger partial charge in [0.2, 0.25) is 0 Å². The maximum atomic E-state index is 13.7. The van der Waals surface area contributed by atoms with Crippen molar-refractivity contribution in [1.82, 2.24) is 0 Å². The summed E-state index contributed by atoms with van der Waals surface area (Å²) < 4.78 is 19.2. The molecule has 1 heterocycles. The Morgan fingerprint density at radius 2 is 1.72 bits per heavy atom. The first-order chi connectivity index (χ1) is 14.8. The Morgan fingerprint density at radius 1 is 1.03 bits per heavy atom. The van der Waals surface area contributed by atoms with E-state index in [1.807, 2.05) is 0 Å². The Hall–Kier alpha value is -0.493. The highest BCUT2D eigenvalue weighted by molar-refractivity contribution is 6.74. The lowest BCUT2D eigenvalue weighted by Gasteiger charge is -2.57. The molecule has 5 rings (SSSR count). The summed E-state index contributed by atoms with van der Waals surface area (Å²) in [5.41, 5.74) is 1.08. The van der Waals surface area contributed by atoms with Gasteiger partial charge in [0, 0.05) is 12.5 Å². The first-order valence-corrected chi connectivity index (χ1v) is 16.0. The molecule has 180 valence electrons. The first kappa shape index (κ1) is 23.3. The van der Waals surface area contributed by atoms with Gasteiger partial charge in [-0.2, -0.15) is 0 Å². The number of hydrogen-bond donors (Lipinski definition) is 0. The third-order valence-electron chi connectivity index (χ3n) is 10.9. The average molecular weight is 461 g/mol. The molecule has 5 aliphatic rings. The fraction of sp³-hybridized carbons (Fsp3) is 0.889. The van der Waals surface area contributed by atoms with Gasteiger partial charge in [-0.05, 0) is 92.8 Å². The van der Waals surface area contributed by atoms with Crippen molar-refractivity contribution >= 4 is 14.1 Å². The predicted molar refractivity (Wildman–Crippen MR) is 129 cm³/mol. The van der Waals surface area contributed by atoms with Gasteiger partial charge in [0.05, 0.1) is 18.6 Å². The third kappa shape index (κ3) is 3.06. The van der Waals surface area contributed by atoms with Gasteiger partial charge in [-0.25, -0.2) is 0 Å². The summed E-state index contributed by atoms with van der Waals surface area (Å²) in [6.07, 6.45) is 10.2. The van der Waals surface area contributed by atoms with E-state index in [1.165, 1.54) is 18.4 Å². The van der Waals surface area contributed by atoms with Crippen LogP contribution in [0.3, 0.4) is 0 Å². The quantitative estimate of drug-likeness (QED) is 0.456. The number of allylic oxidation sites excluding steroid dienone is 2. The lowest BCUT2D eigenvalue weighted by Crippen LogP contribution is -2.57. The second-order valence-corrected chi connectivity index (χ2v) is 18.1. The summed E-state index contributed by atoms with van der Waals surface area (Å²) in [7, 11) is -1.76. The molecule has 0 aromatic rings. The molecular formula is C27H44O4Si. The van der Waals surface area contributed by atoms with Gasteiger partial charge in [-0.1, -0.05) is 33.3 Å². The number of ether oxygens (including phenoxy) is 2. The Balaban J connectivity index is 1.40. The molecule has 0 radical (unpaired) electrons. The largest absolute Gasteiger partial charge is 0.414 e. The van der Waals surface area contributed by atoms with Crippen molar-refractivity contribution in [2.45, 2.75) is 110 Å². The molecule has 4 aliphatic carbocycles. The Morgan fingerprint density at radius 3 is 2.38 bits per heavy atom. The van der Waals surface area contributed by atoms with E-state index in [9.17, 15) is 4.79 Å². The number of ketones is 1. The number of hydrogen-bond acceptors (Lipinski definition) is 4. The van der Waals surface area contributed by atoms with E-state index < -0.39 is 19.5 Å². The third-order valence-corrected chi connectivity index (χ3v) is 15.5. The van der Waals surface area contributed by atoms with Crippen LogP contribution in [0.5, 0.6) is 0 Å². The van der Waals surface area contributed by atoms with Crippen LogP contribution in [0.15, 0.2) is 11.6 Å². The fourth-order valence-corrected chi connectivity index (χ4v) is 9.27. The highest BCUT2D eigenvalue weighted by Gasteiger charge is 2.69. The zero-order chi connectivity index (χ0) is 23.2. The van der Waals surface area contributed by atoms with Crippen molar-refractivity contribution in [1.29, 1.82) is 0 Å². The lowest BCUT2D eigenvalue weighted by atomic mass is 9.48. The van der Waals surface area contributed by atoms with Gasteiger partial charge in [0.1, 0.15) is 0 Å². The second kappa shape index (κ2) is 7.25. The van der Waals surface area contributed by atoms with Crippen molar-refractivity contribution in [2.24, 2.45) is 28.6 Å². The highest BCUT2D eigenvalue weighted by Crippen LogP contribution is 2.66. The van der Waals surface area contributed by atoms with E-state index in [-0.39, 0.29) is 16.2 Å². The van der Waals surface area contributed by atoms with Crippen LogP contribution in [0.2, 0.25) is 18.1 Å². The fourth-order valence-electron chi connectivity index (χ4n) is 7.87. The smallest absolute Gasteiger partial charge is 0.192 e. The molecule has 0 aromatic carbocycles. The molecule has 0 amide bonds. The van der Waals surface area contributed by atoms with Crippen molar-refractivity contribution in [3.8, 4) is 0 Å². The van der Waals surface area contributed by atoms with Crippen LogP contribution in [0.25, 0.3) is 0 Å². The van der Waals surface area contributed by atoms with Crippen molar-refractivity contribution < 1.29 is 18.7 Å². The van der Waals surface area contributed by atoms with Gasteiger partial charge >= 0.3 is 0 Å². The van der Waals surface area contributed by atoms with Crippen LogP contribution in [0, 0.1) is 28.6 Å². The van der Waals surface area contributed by atoms with Crippen LogP contribution in [-0.2, 0) is 18.7 Å². The summed E-state index contributed by atoms with van der Waals surface area (Å²) in [6, 6.07) is 0. The summed E-state index contributed by atoms with van der Waals surface area (Å²) in [5.74, 6) is 1.06. The summed E-state index contributed by atoms with van der Waals surface area (Å²) in [4.78, 5) is 13.7. The molecule has 4 fully saturated rings. The monoisotopic (exact) mass is 460 g/mol. The molecule has 4 nitrogen and oxygen atoms in total. The molecule has 1 spiro atoms. The molecule has 1 aliphatic heterocycles. The number of rotatable bonds is 2. The van der Waals surface area contributed by atoms with E-state index >= 15 is 0 Å². The lowest BCUT2D eigenvalue weighted by molar-refractivity contribution is -0.223. The molecule has 1 saturated heterocycles. The molecule has 3 saturated carbocycles. The Labute approximate surface area is 196 Å². The number of carbonyl (C=O) groups excluding carboxylic acids is 1. The summed E-state index contributed by atoms with van der Waals surface area (Å²) in [5, 5.41) is 0.247. The van der Waals surface area contributed by atoms with E-state index in [2.05, 4.69) is 53.8 Å². The summed E-state index contributed by atoms with van der Waals surface area (Å²) >= 11 is 0. The molecular weight excluding hydrogens is 416 g/mol. The SMILES string of the molecule is CC(C)(C)[Si](C)(C)O[C@H]1CC[C@]2(C)C3=CC(=O)[C@@]4(C)C(CCC45OCCO5)C3CC[C@@H]2C1. The zero-order valence-electron chi connectivity index (χ0n) is 21.4. The van der Waals surface area contributed by atoms with Crippen molar-refractivity contribution in [3.05, 3.63) is 11.6 Å². The van der Waals surface area contributed by atoms with Gasteiger partial charge in [-0.3, -0.25) is 4.79 Å². The maximum Gasteiger partial charge on any atom is 0.192 e. The van der Waals surface area contributed by atoms with Crippen LogP contribution in [0.4, 0.5) is 0 Å². The van der Waals surface area contributed by atoms with Gasteiger partial charge in [-0.15, -0.1) is 0 Å². The molecule has 2 unspecified atom stereocenters. The van der Waals surface area contributed by atoms with E-state index in [4.69, 9.17) is 13.9 Å². The number of fused-ring (bicyclic) bond motifs is 6. The van der Waals surface area contributed by atoms with E-state index in [1.54, 1.807) is 0 Å². The van der Waals surface area contributed by atoms with Crippen LogP contribution >= 0.6 is 0 Å². The molecule has 0 N–H and O–H groups in total. The minimum atomic E-state index is -1.76. The minimum Gasteiger partial charge on any atom is -0.414 e. The van der Waals surface area contributed by atoms with Crippen LogP contribution in [0.1, 0.15) is 79.6 Å². The second-order valence-electron chi connectivity index (χ2n) is 13.3. The van der Waals surface area contributed by atoms with Crippen LogP contribution in [-0.4, -0.2) is 39.2 Å². The minimum absolute atomic E-state index is 0.139. The van der Waals surface area contributed by atoms with Crippen LogP contribution < -0.4 is 0 Å². The van der Waals surface area contributed by atoms with Crippen molar-refractivity contribution in [3.63, 3.8) is 0 Å². The Bertz CT molecular complexity index is 820. The van der Waals surface area contributed by atoms with E-state index in [0.717, 1.165) is 32.1 Å². The topological polar surface area (TPSA) is 44.8 Å². The molecule has 5 heteroatoms. The maximum absolute atomic E-state index is 13.7. The first-order valence-electron chi connectivity index (χ1n) is 13.1. The average Bonchev–Trinajstić information content (AvgIpc) is 3.29. The summed E-state index contributed by atoms with van der Waals surface area (Å²) in [6.45, 7) is 17.6. The van der Waals surface area contributed by atoms with Gasteiger partial charge < -0.3 is 13.9 Å².